The highest BCUT2D eigenvalue weighted by Crippen LogP contribution is 2.34. The molecule has 0 atom stereocenters. The van der Waals surface area contributed by atoms with E-state index in [2.05, 4.69) is 30.3 Å². The third-order valence-corrected chi connectivity index (χ3v) is 4.12. The summed E-state index contributed by atoms with van der Waals surface area (Å²) in [5, 5.41) is 5.50. The molecule has 0 fully saturated rings. The predicted molar refractivity (Wildman–Crippen MR) is 84.4 cm³/mol. The molecule has 3 aromatic carbocycles. The first kappa shape index (κ1) is 10.9. The van der Waals surface area contributed by atoms with E-state index in [0.29, 0.717) is 0 Å². The maximum absolute atomic E-state index is 6.17. The zero-order valence-electron chi connectivity index (χ0n) is 10.4. The molecule has 0 bridgehead atoms. The van der Waals surface area contributed by atoms with Crippen LogP contribution in [-0.2, 0) is 0 Å². The van der Waals surface area contributed by atoms with Crippen molar-refractivity contribution in [2.45, 2.75) is 0 Å². The summed E-state index contributed by atoms with van der Waals surface area (Å²) in [5.41, 5.74) is 2.80. The highest BCUT2D eigenvalue weighted by molar-refractivity contribution is 6.49. The van der Waals surface area contributed by atoms with Crippen LogP contribution in [0.1, 0.15) is 0 Å². The Kier molecular flexibility index (Phi) is 2.18. The summed E-state index contributed by atoms with van der Waals surface area (Å²) in [7, 11) is 2.00. The molecule has 4 aromatic rings. The summed E-state index contributed by atoms with van der Waals surface area (Å²) in [6.07, 6.45) is 0. The van der Waals surface area contributed by atoms with E-state index < -0.39 is 0 Å². The Labute approximate surface area is 116 Å². The first-order chi connectivity index (χ1) is 9.25. The van der Waals surface area contributed by atoms with Gasteiger partial charge in [0.25, 0.3) is 0 Å². The monoisotopic (exact) mass is 264 g/mol. The topological polar surface area (TPSA) is 13.1 Å². The van der Waals surface area contributed by atoms with E-state index in [1.165, 1.54) is 16.2 Å². The molecule has 1 aromatic heterocycles. The van der Waals surface area contributed by atoms with Gasteiger partial charge in [0.15, 0.2) is 0 Å². The lowest BCUT2D eigenvalue weighted by Crippen LogP contribution is -2.03. The smallest absolute Gasteiger partial charge is 0.146 e. The van der Waals surface area contributed by atoms with Crippen LogP contribution in [0.3, 0.4) is 0 Å². The molecule has 0 spiro atoms. The van der Waals surface area contributed by atoms with Crippen LogP contribution >= 0.6 is 11.6 Å². The van der Waals surface area contributed by atoms with Crippen molar-refractivity contribution in [1.82, 2.24) is 0 Å². The Hall–Kier alpha value is -1.93. The molecule has 0 aliphatic rings. The Morgan fingerprint density at radius 1 is 0.895 bits per heavy atom. The van der Waals surface area contributed by atoms with Crippen molar-refractivity contribution >= 4 is 57.6 Å². The van der Waals surface area contributed by atoms with Crippen molar-refractivity contribution in [2.75, 3.05) is 0 Å². The van der Waals surface area contributed by atoms with Gasteiger partial charge in [0.1, 0.15) is 19.0 Å². The second kappa shape index (κ2) is 3.78. The van der Waals surface area contributed by atoms with Gasteiger partial charge in [-0.05, 0) is 34.4 Å². The van der Waals surface area contributed by atoms with Gasteiger partial charge in [0.05, 0.1) is 0 Å². The molecule has 0 radical (unpaired) electrons. The summed E-state index contributed by atoms with van der Waals surface area (Å²) < 4.78 is 5.99. The molecule has 0 aliphatic heterocycles. The highest BCUT2D eigenvalue weighted by atomic mass is 35.5. The number of hydrogen-bond acceptors (Lipinski definition) is 1. The standard InChI is InChI=1S/C16H10BClO/c17-15-12(18)7-6-11-14-10-4-2-1-3-9(10)5-8-13(14)19-16(11)15/h1-8H,17H2. The maximum Gasteiger partial charge on any atom is 0.146 e. The summed E-state index contributed by atoms with van der Waals surface area (Å²) in [6.45, 7) is 0. The van der Waals surface area contributed by atoms with Gasteiger partial charge in [-0.15, -0.1) is 0 Å². The molecule has 0 amide bonds. The average Bonchev–Trinajstić information content (AvgIpc) is 2.83. The molecule has 0 saturated carbocycles. The Morgan fingerprint density at radius 2 is 1.74 bits per heavy atom. The maximum atomic E-state index is 6.17. The molecule has 0 unspecified atom stereocenters. The molecule has 0 aliphatic carbocycles. The van der Waals surface area contributed by atoms with E-state index in [1.807, 2.05) is 26.0 Å². The van der Waals surface area contributed by atoms with Gasteiger partial charge in [-0.3, -0.25) is 0 Å². The van der Waals surface area contributed by atoms with Gasteiger partial charge in [0.2, 0.25) is 0 Å². The van der Waals surface area contributed by atoms with Gasteiger partial charge < -0.3 is 4.42 Å². The SMILES string of the molecule is Bc1c(Cl)ccc2c1oc1ccc3ccccc3c12. The Bertz CT molecular complexity index is 940. The fourth-order valence-corrected chi connectivity index (χ4v) is 2.87. The highest BCUT2D eigenvalue weighted by Gasteiger charge is 2.12. The van der Waals surface area contributed by atoms with Crippen molar-refractivity contribution in [3.8, 4) is 0 Å². The molecule has 1 nitrogen and oxygen atoms in total. The van der Waals surface area contributed by atoms with Gasteiger partial charge in [0, 0.05) is 15.8 Å². The molecule has 4 rings (SSSR count). The molecular formula is C16H10BClO. The molecular weight excluding hydrogens is 254 g/mol. The number of rotatable bonds is 0. The lowest BCUT2D eigenvalue weighted by Gasteiger charge is -1.99. The van der Waals surface area contributed by atoms with E-state index in [4.69, 9.17) is 16.0 Å². The van der Waals surface area contributed by atoms with E-state index in [9.17, 15) is 0 Å². The van der Waals surface area contributed by atoms with Crippen LogP contribution in [0, 0.1) is 0 Å². The van der Waals surface area contributed by atoms with Crippen molar-refractivity contribution < 1.29 is 4.42 Å². The fraction of sp³-hybridized carbons (Fsp3) is 0. The fourth-order valence-electron chi connectivity index (χ4n) is 2.72. The quantitative estimate of drug-likeness (QED) is 0.442. The summed E-state index contributed by atoms with van der Waals surface area (Å²) >= 11 is 6.17. The number of hydrogen-bond donors (Lipinski definition) is 0. The van der Waals surface area contributed by atoms with Crippen LogP contribution in [0.25, 0.3) is 32.7 Å². The number of furan rings is 1. The van der Waals surface area contributed by atoms with Crippen molar-refractivity contribution in [1.29, 1.82) is 0 Å². The zero-order valence-corrected chi connectivity index (χ0v) is 11.2. The summed E-state index contributed by atoms with van der Waals surface area (Å²) in [5.74, 6) is 0. The van der Waals surface area contributed by atoms with E-state index >= 15 is 0 Å². The minimum Gasteiger partial charge on any atom is -0.457 e. The van der Waals surface area contributed by atoms with Crippen LogP contribution in [-0.4, -0.2) is 7.85 Å². The lowest BCUT2D eigenvalue weighted by atomic mass is 9.93. The second-order valence-corrected chi connectivity index (χ2v) is 5.22. The predicted octanol–water partition coefficient (Wildman–Crippen LogP) is 3.65. The Balaban J connectivity index is 2.34. The van der Waals surface area contributed by atoms with Gasteiger partial charge in [-0.2, -0.15) is 0 Å². The molecule has 0 saturated heterocycles. The van der Waals surface area contributed by atoms with Crippen molar-refractivity contribution in [2.24, 2.45) is 0 Å². The third-order valence-electron chi connectivity index (χ3n) is 3.71. The number of halogens is 1. The van der Waals surface area contributed by atoms with Crippen LogP contribution < -0.4 is 5.46 Å². The van der Waals surface area contributed by atoms with E-state index in [0.717, 1.165) is 27.0 Å². The van der Waals surface area contributed by atoms with Gasteiger partial charge in [-0.1, -0.05) is 41.9 Å². The van der Waals surface area contributed by atoms with Crippen LogP contribution in [0.15, 0.2) is 52.9 Å². The van der Waals surface area contributed by atoms with Crippen LogP contribution in [0.2, 0.25) is 5.02 Å². The summed E-state index contributed by atoms with van der Waals surface area (Å²) in [4.78, 5) is 0. The first-order valence-corrected chi connectivity index (χ1v) is 6.62. The zero-order chi connectivity index (χ0) is 13.0. The van der Waals surface area contributed by atoms with Crippen molar-refractivity contribution in [3.05, 3.63) is 53.6 Å². The van der Waals surface area contributed by atoms with Crippen LogP contribution in [0.5, 0.6) is 0 Å². The lowest BCUT2D eigenvalue weighted by molar-refractivity contribution is 0.672. The van der Waals surface area contributed by atoms with Gasteiger partial charge in [-0.25, -0.2) is 0 Å². The first-order valence-electron chi connectivity index (χ1n) is 6.25. The molecule has 90 valence electrons. The number of benzene rings is 3. The van der Waals surface area contributed by atoms with E-state index in [-0.39, 0.29) is 0 Å². The normalized spacial score (nSPS) is 11.6. The van der Waals surface area contributed by atoms with Crippen LogP contribution in [0.4, 0.5) is 0 Å². The molecule has 0 N–H and O–H groups in total. The third kappa shape index (κ3) is 1.44. The molecule has 19 heavy (non-hydrogen) atoms. The van der Waals surface area contributed by atoms with Gasteiger partial charge >= 0.3 is 0 Å². The largest absolute Gasteiger partial charge is 0.457 e. The Morgan fingerprint density at radius 3 is 2.63 bits per heavy atom. The molecule has 3 heteroatoms. The number of fused-ring (bicyclic) bond motifs is 5. The minimum absolute atomic E-state index is 0.746. The minimum atomic E-state index is 0.746. The summed E-state index contributed by atoms with van der Waals surface area (Å²) in [6, 6.07) is 16.5. The molecule has 1 heterocycles. The second-order valence-electron chi connectivity index (χ2n) is 4.81. The van der Waals surface area contributed by atoms with Crippen molar-refractivity contribution in [3.63, 3.8) is 0 Å². The van der Waals surface area contributed by atoms with E-state index in [1.54, 1.807) is 0 Å². The average molecular weight is 265 g/mol.